The van der Waals surface area contributed by atoms with Crippen LogP contribution < -0.4 is 20.4 Å². The maximum atomic E-state index is 12.8. The Balaban J connectivity index is 1.40. The van der Waals surface area contributed by atoms with E-state index in [2.05, 4.69) is 10.7 Å². The van der Waals surface area contributed by atoms with Crippen molar-refractivity contribution in [2.75, 3.05) is 18.1 Å². The molecule has 1 spiro atoms. The number of carbonyl (C=O) groups excluding carboxylic acids is 4. The molecule has 2 heterocycles. The van der Waals surface area contributed by atoms with Crippen LogP contribution in [-0.2, 0) is 14.4 Å². The third-order valence-corrected chi connectivity index (χ3v) is 6.05. The Morgan fingerprint density at radius 2 is 1.87 bits per heavy atom. The number of anilines is 1. The number of ether oxygens (including phenoxy) is 1. The molecular formula is C21H26N4O5. The highest BCUT2D eigenvalue weighted by atomic mass is 16.5. The number of benzene rings is 1. The third-order valence-electron chi connectivity index (χ3n) is 6.05. The van der Waals surface area contributed by atoms with Crippen LogP contribution in [0.2, 0.25) is 0 Å². The molecule has 1 aliphatic carbocycles. The van der Waals surface area contributed by atoms with E-state index in [9.17, 15) is 19.2 Å². The second kappa shape index (κ2) is 7.97. The molecule has 3 fully saturated rings. The van der Waals surface area contributed by atoms with Gasteiger partial charge in [0.1, 0.15) is 11.3 Å². The van der Waals surface area contributed by atoms with Gasteiger partial charge < -0.3 is 15.0 Å². The largest absolute Gasteiger partial charge is 0.494 e. The summed E-state index contributed by atoms with van der Waals surface area (Å²) in [6, 6.07) is 6.48. The molecule has 0 radical (unpaired) electrons. The first-order valence-corrected chi connectivity index (χ1v) is 10.4. The van der Waals surface area contributed by atoms with Crippen LogP contribution in [0.5, 0.6) is 5.75 Å². The fraction of sp³-hybridized carbons (Fsp3) is 0.524. The maximum Gasteiger partial charge on any atom is 0.344 e. The van der Waals surface area contributed by atoms with Crippen molar-refractivity contribution in [3.05, 3.63) is 24.3 Å². The highest BCUT2D eigenvalue weighted by Crippen LogP contribution is 2.33. The fourth-order valence-corrected chi connectivity index (χ4v) is 4.44. The van der Waals surface area contributed by atoms with E-state index in [1.165, 1.54) is 4.90 Å². The molecule has 0 aromatic heterocycles. The Labute approximate surface area is 174 Å². The van der Waals surface area contributed by atoms with Gasteiger partial charge in [0.15, 0.2) is 0 Å². The summed E-state index contributed by atoms with van der Waals surface area (Å²) in [6.07, 6.45) is 3.94. The van der Waals surface area contributed by atoms with E-state index < -0.39 is 29.3 Å². The van der Waals surface area contributed by atoms with Gasteiger partial charge in [0.05, 0.1) is 12.5 Å². The molecule has 1 atom stereocenters. The lowest BCUT2D eigenvalue weighted by Gasteiger charge is -2.30. The minimum atomic E-state index is -0.900. The van der Waals surface area contributed by atoms with Crippen LogP contribution in [0.4, 0.5) is 10.5 Å². The molecule has 0 bridgehead atoms. The van der Waals surface area contributed by atoms with Gasteiger partial charge in [-0.3, -0.25) is 19.8 Å². The van der Waals surface area contributed by atoms with Crippen molar-refractivity contribution in [1.82, 2.24) is 15.8 Å². The molecule has 160 valence electrons. The lowest BCUT2D eigenvalue weighted by molar-refractivity contribution is -0.141. The molecule has 1 aromatic carbocycles. The standard InChI is InChI=1S/C21H26N4O5/c1-2-30-16-8-6-15(7-9-16)24-13-14(12-17(24)26)18(27)23-25-19(28)21(22-20(25)29)10-4-3-5-11-21/h6-9,14H,2-5,10-13H2,1H3,(H,22,29)(H,23,27). The summed E-state index contributed by atoms with van der Waals surface area (Å²) in [5.41, 5.74) is 2.22. The Hall–Kier alpha value is -3.10. The molecule has 2 saturated heterocycles. The van der Waals surface area contributed by atoms with Crippen molar-refractivity contribution < 1.29 is 23.9 Å². The van der Waals surface area contributed by atoms with Gasteiger partial charge in [0, 0.05) is 18.7 Å². The number of imide groups is 1. The van der Waals surface area contributed by atoms with Crippen LogP contribution in [0.3, 0.4) is 0 Å². The van der Waals surface area contributed by atoms with Crippen molar-refractivity contribution in [3.63, 3.8) is 0 Å². The number of rotatable bonds is 5. The highest BCUT2D eigenvalue weighted by molar-refractivity contribution is 6.08. The molecule has 1 saturated carbocycles. The monoisotopic (exact) mass is 414 g/mol. The number of hydrazine groups is 1. The predicted octanol–water partition coefficient (Wildman–Crippen LogP) is 1.72. The van der Waals surface area contributed by atoms with Crippen LogP contribution >= 0.6 is 0 Å². The summed E-state index contributed by atoms with van der Waals surface area (Å²) in [7, 11) is 0. The Morgan fingerprint density at radius 3 is 2.53 bits per heavy atom. The predicted molar refractivity (Wildman–Crippen MR) is 107 cm³/mol. The number of hydrogen-bond donors (Lipinski definition) is 2. The van der Waals surface area contributed by atoms with Crippen molar-refractivity contribution in [3.8, 4) is 5.75 Å². The van der Waals surface area contributed by atoms with Gasteiger partial charge >= 0.3 is 6.03 Å². The zero-order chi connectivity index (χ0) is 21.3. The van der Waals surface area contributed by atoms with Crippen LogP contribution in [0.1, 0.15) is 45.4 Å². The van der Waals surface area contributed by atoms with Gasteiger partial charge in [-0.2, -0.15) is 5.01 Å². The van der Waals surface area contributed by atoms with E-state index in [0.717, 1.165) is 24.3 Å². The van der Waals surface area contributed by atoms with Gasteiger partial charge in [0.2, 0.25) is 11.8 Å². The number of nitrogens with zero attached hydrogens (tertiary/aromatic N) is 2. The average Bonchev–Trinajstić information content (AvgIpc) is 3.23. The van der Waals surface area contributed by atoms with E-state index in [4.69, 9.17) is 4.74 Å². The van der Waals surface area contributed by atoms with Crippen molar-refractivity contribution >= 4 is 29.4 Å². The van der Waals surface area contributed by atoms with Gasteiger partial charge in [-0.15, -0.1) is 0 Å². The van der Waals surface area contributed by atoms with Crippen molar-refractivity contribution in [2.24, 2.45) is 5.92 Å². The second-order valence-electron chi connectivity index (χ2n) is 8.02. The zero-order valence-corrected chi connectivity index (χ0v) is 17.0. The summed E-state index contributed by atoms with van der Waals surface area (Å²) in [5, 5.41) is 3.55. The number of urea groups is 1. The number of nitrogens with one attached hydrogen (secondary N) is 2. The molecule has 5 amide bonds. The zero-order valence-electron chi connectivity index (χ0n) is 17.0. The first-order chi connectivity index (χ1) is 14.4. The van der Waals surface area contributed by atoms with E-state index in [-0.39, 0.29) is 18.9 Å². The fourth-order valence-electron chi connectivity index (χ4n) is 4.44. The van der Waals surface area contributed by atoms with Gasteiger partial charge in [-0.05, 0) is 44.0 Å². The minimum absolute atomic E-state index is 0.0217. The lowest BCUT2D eigenvalue weighted by atomic mass is 9.82. The highest BCUT2D eigenvalue weighted by Gasteiger charge is 2.52. The molecule has 4 rings (SSSR count). The van der Waals surface area contributed by atoms with Crippen LogP contribution in [0.15, 0.2) is 24.3 Å². The molecule has 1 aromatic rings. The summed E-state index contributed by atoms with van der Waals surface area (Å²) >= 11 is 0. The van der Waals surface area contributed by atoms with Crippen molar-refractivity contribution in [1.29, 1.82) is 0 Å². The smallest absolute Gasteiger partial charge is 0.344 e. The van der Waals surface area contributed by atoms with E-state index in [1.807, 2.05) is 6.92 Å². The van der Waals surface area contributed by atoms with Crippen LogP contribution in [0.25, 0.3) is 0 Å². The first-order valence-electron chi connectivity index (χ1n) is 10.4. The summed E-state index contributed by atoms with van der Waals surface area (Å²) in [4.78, 5) is 51.9. The molecule has 9 heteroatoms. The van der Waals surface area contributed by atoms with Crippen LogP contribution in [-0.4, -0.2) is 47.5 Å². The lowest BCUT2D eigenvalue weighted by Crippen LogP contribution is -2.52. The Bertz CT molecular complexity index is 863. The number of carbonyl (C=O) groups is 4. The summed E-state index contributed by atoms with van der Waals surface area (Å²) in [6.45, 7) is 2.63. The summed E-state index contributed by atoms with van der Waals surface area (Å²) in [5.74, 6) is -1.04. The molecule has 2 aliphatic heterocycles. The van der Waals surface area contributed by atoms with Gasteiger partial charge in [0.25, 0.3) is 5.91 Å². The molecular weight excluding hydrogens is 388 g/mol. The van der Waals surface area contributed by atoms with E-state index in [1.54, 1.807) is 24.3 Å². The second-order valence-corrected chi connectivity index (χ2v) is 8.02. The molecule has 30 heavy (non-hydrogen) atoms. The molecule has 3 aliphatic rings. The van der Waals surface area contributed by atoms with Gasteiger partial charge in [-0.1, -0.05) is 19.3 Å². The maximum absolute atomic E-state index is 12.8. The topological polar surface area (TPSA) is 108 Å². The SMILES string of the molecule is CCOc1ccc(N2CC(C(=O)NN3C(=O)NC4(CCCCC4)C3=O)CC2=O)cc1. The van der Waals surface area contributed by atoms with Crippen LogP contribution in [0, 0.1) is 5.92 Å². The molecule has 1 unspecified atom stereocenters. The molecule has 9 nitrogen and oxygen atoms in total. The van der Waals surface area contributed by atoms with E-state index >= 15 is 0 Å². The summed E-state index contributed by atoms with van der Waals surface area (Å²) < 4.78 is 5.41. The molecule has 2 N–H and O–H groups in total. The number of amides is 5. The Morgan fingerprint density at radius 1 is 1.17 bits per heavy atom. The number of hydrogen-bond acceptors (Lipinski definition) is 5. The van der Waals surface area contributed by atoms with Crippen molar-refractivity contribution in [2.45, 2.75) is 51.0 Å². The average molecular weight is 414 g/mol. The quantitative estimate of drug-likeness (QED) is 0.714. The Kier molecular flexibility index (Phi) is 5.36. The van der Waals surface area contributed by atoms with Gasteiger partial charge in [-0.25, -0.2) is 4.79 Å². The normalized spacial score (nSPS) is 23.1. The first kappa shape index (κ1) is 20.2. The third kappa shape index (κ3) is 3.59. The minimum Gasteiger partial charge on any atom is -0.494 e. The van der Waals surface area contributed by atoms with E-state index in [0.29, 0.717) is 30.9 Å².